The highest BCUT2D eigenvalue weighted by Crippen LogP contribution is 2.26. The Morgan fingerprint density at radius 2 is 1.21 bits per heavy atom. The zero-order valence-corrected chi connectivity index (χ0v) is 10.7. The van der Waals surface area contributed by atoms with E-state index in [0.717, 1.165) is 5.56 Å². The number of aryl methyl sites for hydroxylation is 1. The number of hydrogen-bond donors (Lipinski definition) is 0. The molecular weight excluding hydrogens is 250 g/mol. The number of alkyl halides is 2. The summed E-state index contributed by atoms with van der Waals surface area (Å²) in [5.41, 5.74) is 1.14. The lowest BCUT2D eigenvalue weighted by Gasteiger charge is -2.13. The van der Waals surface area contributed by atoms with E-state index >= 15 is 0 Å². The molecule has 100 valence electrons. The van der Waals surface area contributed by atoms with Gasteiger partial charge < -0.3 is 9.47 Å². The maximum absolute atomic E-state index is 12.6. The molecule has 0 spiro atoms. The van der Waals surface area contributed by atoms with Crippen molar-refractivity contribution in [2.24, 2.45) is 0 Å². The fourth-order valence-corrected chi connectivity index (χ4v) is 1.53. The Bertz CT molecular complexity index is 528. The molecule has 0 unspecified atom stereocenters. The van der Waals surface area contributed by atoms with Crippen LogP contribution in [0.15, 0.2) is 48.5 Å². The fourth-order valence-electron chi connectivity index (χ4n) is 1.53. The van der Waals surface area contributed by atoms with Gasteiger partial charge in [-0.05, 0) is 43.3 Å². The van der Waals surface area contributed by atoms with Crippen molar-refractivity contribution in [3.05, 3.63) is 54.1 Å². The fraction of sp³-hybridized carbons (Fsp3) is 0.200. The summed E-state index contributed by atoms with van der Waals surface area (Å²) in [5.74, 6) is 1.36. The molecule has 0 N–H and O–H groups in total. The van der Waals surface area contributed by atoms with Gasteiger partial charge in [-0.3, -0.25) is 0 Å². The van der Waals surface area contributed by atoms with Gasteiger partial charge in [0.1, 0.15) is 17.2 Å². The molecule has 0 amide bonds. The Balaban J connectivity index is 2.04. The van der Waals surface area contributed by atoms with Gasteiger partial charge in [-0.2, -0.15) is 8.78 Å². The quantitative estimate of drug-likeness (QED) is 0.791. The van der Waals surface area contributed by atoms with Gasteiger partial charge in [0, 0.05) is 6.92 Å². The highest BCUT2D eigenvalue weighted by Gasteiger charge is 2.22. The molecule has 0 radical (unpaired) electrons. The van der Waals surface area contributed by atoms with Crippen LogP contribution in [0.5, 0.6) is 17.2 Å². The standard InChI is InChI=1S/C15H14F2O2/c1-11-3-5-12(6-4-11)18-13-7-9-14(10-8-13)19-15(2,16)17/h3-10H,1-2H3. The van der Waals surface area contributed by atoms with E-state index in [2.05, 4.69) is 4.74 Å². The van der Waals surface area contributed by atoms with E-state index in [1.54, 1.807) is 12.1 Å². The van der Waals surface area contributed by atoms with E-state index in [0.29, 0.717) is 18.4 Å². The monoisotopic (exact) mass is 264 g/mol. The molecule has 0 aliphatic rings. The average molecular weight is 264 g/mol. The molecule has 2 nitrogen and oxygen atoms in total. The normalized spacial score (nSPS) is 11.2. The smallest absolute Gasteiger partial charge is 0.394 e. The first kappa shape index (κ1) is 13.3. The predicted octanol–water partition coefficient (Wildman–Crippen LogP) is 4.78. The van der Waals surface area contributed by atoms with Gasteiger partial charge in [0.15, 0.2) is 0 Å². The largest absolute Gasteiger partial charge is 0.457 e. The molecule has 2 aromatic rings. The Morgan fingerprint density at radius 1 is 0.789 bits per heavy atom. The van der Waals surface area contributed by atoms with Crippen LogP contribution in [0.25, 0.3) is 0 Å². The Kier molecular flexibility index (Phi) is 3.69. The number of ether oxygens (including phenoxy) is 2. The molecule has 0 heterocycles. The van der Waals surface area contributed by atoms with Crippen molar-refractivity contribution in [1.82, 2.24) is 0 Å². The second-order valence-corrected chi connectivity index (χ2v) is 4.30. The summed E-state index contributed by atoms with van der Waals surface area (Å²) in [7, 11) is 0. The lowest BCUT2D eigenvalue weighted by molar-refractivity contribution is -0.158. The number of benzene rings is 2. The predicted molar refractivity (Wildman–Crippen MR) is 68.9 cm³/mol. The van der Waals surface area contributed by atoms with E-state index in [4.69, 9.17) is 4.74 Å². The van der Waals surface area contributed by atoms with Gasteiger partial charge in [-0.1, -0.05) is 17.7 Å². The molecule has 2 aromatic carbocycles. The third-order valence-corrected chi connectivity index (χ3v) is 2.38. The first-order chi connectivity index (χ1) is 8.92. The minimum absolute atomic E-state index is 0.101. The van der Waals surface area contributed by atoms with E-state index in [1.165, 1.54) is 12.1 Å². The second-order valence-electron chi connectivity index (χ2n) is 4.30. The van der Waals surface area contributed by atoms with Crippen LogP contribution in [0.4, 0.5) is 8.78 Å². The van der Waals surface area contributed by atoms with Crippen molar-refractivity contribution in [2.45, 2.75) is 20.0 Å². The minimum atomic E-state index is -3.18. The SMILES string of the molecule is Cc1ccc(Oc2ccc(OC(C)(F)F)cc2)cc1. The molecule has 0 aromatic heterocycles. The van der Waals surface area contributed by atoms with Crippen molar-refractivity contribution in [1.29, 1.82) is 0 Å². The molecule has 0 fully saturated rings. The van der Waals surface area contributed by atoms with Crippen molar-refractivity contribution in [3.8, 4) is 17.2 Å². The number of hydrogen-bond acceptors (Lipinski definition) is 2. The highest BCUT2D eigenvalue weighted by molar-refractivity contribution is 5.36. The first-order valence-corrected chi connectivity index (χ1v) is 5.84. The van der Waals surface area contributed by atoms with Crippen molar-refractivity contribution in [2.75, 3.05) is 0 Å². The Hall–Kier alpha value is -2.10. The van der Waals surface area contributed by atoms with E-state index < -0.39 is 6.11 Å². The third-order valence-electron chi connectivity index (χ3n) is 2.38. The molecule has 4 heteroatoms. The van der Waals surface area contributed by atoms with Crippen molar-refractivity contribution >= 4 is 0 Å². The van der Waals surface area contributed by atoms with Gasteiger partial charge in [-0.15, -0.1) is 0 Å². The van der Waals surface area contributed by atoms with E-state index in [-0.39, 0.29) is 5.75 Å². The van der Waals surface area contributed by atoms with Crippen molar-refractivity contribution < 1.29 is 18.3 Å². The van der Waals surface area contributed by atoms with E-state index in [9.17, 15) is 8.78 Å². The molecule has 2 rings (SSSR count). The highest BCUT2D eigenvalue weighted by atomic mass is 19.3. The zero-order chi connectivity index (χ0) is 13.9. The molecule has 0 aliphatic carbocycles. The molecule has 0 aliphatic heterocycles. The lowest BCUT2D eigenvalue weighted by atomic mass is 10.2. The van der Waals surface area contributed by atoms with Crippen LogP contribution < -0.4 is 9.47 Å². The molecule has 19 heavy (non-hydrogen) atoms. The van der Waals surface area contributed by atoms with Gasteiger partial charge in [0.05, 0.1) is 0 Å². The summed E-state index contributed by atoms with van der Waals surface area (Å²) < 4.78 is 35.3. The number of rotatable bonds is 4. The molecule has 0 atom stereocenters. The molecule has 0 saturated carbocycles. The molecule has 0 bridgehead atoms. The molecular formula is C15H14F2O2. The van der Waals surface area contributed by atoms with Crippen LogP contribution in [0, 0.1) is 6.92 Å². The zero-order valence-electron chi connectivity index (χ0n) is 10.7. The summed E-state index contributed by atoms with van der Waals surface area (Å²) in [6.45, 7) is 2.69. The lowest BCUT2D eigenvalue weighted by Crippen LogP contribution is -2.18. The maximum Gasteiger partial charge on any atom is 0.394 e. The summed E-state index contributed by atoms with van der Waals surface area (Å²) in [6, 6.07) is 13.6. The first-order valence-electron chi connectivity index (χ1n) is 5.84. The van der Waals surface area contributed by atoms with Crippen LogP contribution in [-0.2, 0) is 0 Å². The summed E-state index contributed by atoms with van der Waals surface area (Å²) >= 11 is 0. The van der Waals surface area contributed by atoms with Crippen LogP contribution in [0.1, 0.15) is 12.5 Å². The van der Waals surface area contributed by atoms with Crippen LogP contribution in [0.3, 0.4) is 0 Å². The summed E-state index contributed by atoms with van der Waals surface area (Å²) in [6.07, 6.45) is -3.18. The van der Waals surface area contributed by atoms with Crippen LogP contribution >= 0.6 is 0 Å². The maximum atomic E-state index is 12.6. The average Bonchev–Trinajstić information content (AvgIpc) is 2.33. The topological polar surface area (TPSA) is 18.5 Å². The second kappa shape index (κ2) is 5.26. The van der Waals surface area contributed by atoms with E-state index in [1.807, 2.05) is 31.2 Å². The Morgan fingerprint density at radius 3 is 1.68 bits per heavy atom. The van der Waals surface area contributed by atoms with Gasteiger partial charge in [0.2, 0.25) is 0 Å². The Labute approximate surface area is 110 Å². The van der Waals surface area contributed by atoms with Crippen molar-refractivity contribution in [3.63, 3.8) is 0 Å². The minimum Gasteiger partial charge on any atom is -0.457 e. The van der Waals surface area contributed by atoms with Crippen LogP contribution in [0.2, 0.25) is 0 Å². The molecule has 0 saturated heterocycles. The van der Waals surface area contributed by atoms with Gasteiger partial charge in [0.25, 0.3) is 0 Å². The third kappa shape index (κ3) is 4.25. The van der Waals surface area contributed by atoms with Crippen LogP contribution in [-0.4, -0.2) is 6.11 Å². The van der Waals surface area contributed by atoms with Gasteiger partial charge in [-0.25, -0.2) is 0 Å². The summed E-state index contributed by atoms with van der Waals surface area (Å²) in [5, 5.41) is 0. The summed E-state index contributed by atoms with van der Waals surface area (Å²) in [4.78, 5) is 0. The van der Waals surface area contributed by atoms with Gasteiger partial charge >= 0.3 is 6.11 Å². The number of halogens is 2.